The van der Waals surface area contributed by atoms with Gasteiger partial charge in [0.15, 0.2) is 0 Å². The number of phenolic OH excluding ortho intramolecular Hbond substituents is 1. The molecule has 5 unspecified atom stereocenters. The van der Waals surface area contributed by atoms with Crippen LogP contribution in [0.5, 0.6) is 5.75 Å². The second-order valence-electron chi connectivity index (χ2n) is 10.8. The fourth-order valence-corrected chi connectivity index (χ4v) is 4.73. The Hall–Kier alpha value is -4.91. The molecule has 9 N–H and O–H groups in total. The molecule has 3 aromatic rings. The molecular weight excluding hydrogens is 570 g/mol. The van der Waals surface area contributed by atoms with Gasteiger partial charge in [-0.15, -0.1) is 0 Å². The van der Waals surface area contributed by atoms with Crippen LogP contribution in [0.3, 0.4) is 0 Å². The maximum atomic E-state index is 13.7. The molecule has 0 aliphatic rings. The molecule has 0 saturated carbocycles. The zero-order valence-electron chi connectivity index (χ0n) is 24.6. The Bertz CT molecular complexity index is 1470. The van der Waals surface area contributed by atoms with E-state index >= 15 is 0 Å². The predicted molar refractivity (Wildman–Crippen MR) is 162 cm³/mol. The lowest BCUT2D eigenvalue weighted by Crippen LogP contribution is -2.59. The third kappa shape index (κ3) is 9.30. The van der Waals surface area contributed by atoms with Gasteiger partial charge in [0.25, 0.3) is 0 Å². The summed E-state index contributed by atoms with van der Waals surface area (Å²) in [7, 11) is 0. The van der Waals surface area contributed by atoms with Gasteiger partial charge in [-0.3, -0.25) is 19.2 Å². The van der Waals surface area contributed by atoms with Crippen LogP contribution >= 0.6 is 0 Å². The summed E-state index contributed by atoms with van der Waals surface area (Å²) < 4.78 is 0. The summed E-state index contributed by atoms with van der Waals surface area (Å²) in [6.45, 7) is 3.60. The lowest BCUT2D eigenvalue weighted by Gasteiger charge is -2.28. The van der Waals surface area contributed by atoms with Gasteiger partial charge in [-0.1, -0.05) is 50.6 Å². The fourth-order valence-electron chi connectivity index (χ4n) is 4.73. The highest BCUT2D eigenvalue weighted by Gasteiger charge is 2.33. The van der Waals surface area contributed by atoms with E-state index in [0.29, 0.717) is 17.5 Å². The summed E-state index contributed by atoms with van der Waals surface area (Å²) in [4.78, 5) is 66.1. The summed E-state index contributed by atoms with van der Waals surface area (Å²) in [5, 5.41) is 36.6. The van der Waals surface area contributed by atoms with Crippen LogP contribution in [-0.4, -0.2) is 74.1 Å². The first-order chi connectivity index (χ1) is 20.9. The van der Waals surface area contributed by atoms with E-state index in [0.717, 1.165) is 10.9 Å². The van der Waals surface area contributed by atoms with Crippen molar-refractivity contribution in [3.8, 4) is 5.75 Å². The topological polar surface area (TPSA) is 224 Å². The number of aromatic nitrogens is 1. The molecule has 0 fully saturated rings. The number of carboxylic acid groups (broad SMARTS) is 2. The number of benzene rings is 2. The van der Waals surface area contributed by atoms with Gasteiger partial charge in [-0.25, -0.2) is 4.79 Å². The number of carboxylic acids is 2. The zero-order valence-corrected chi connectivity index (χ0v) is 24.6. The minimum atomic E-state index is -1.50. The normalized spacial score (nSPS) is 14.5. The molecule has 0 bridgehead atoms. The van der Waals surface area contributed by atoms with Gasteiger partial charge in [0.1, 0.15) is 23.9 Å². The van der Waals surface area contributed by atoms with E-state index in [1.807, 2.05) is 31.2 Å². The third-order valence-electron chi connectivity index (χ3n) is 7.52. The number of nitrogens with two attached hydrogens (primary N) is 1. The Labute approximate surface area is 254 Å². The largest absolute Gasteiger partial charge is 0.508 e. The standard InChI is InChI=1S/C31H39N5O8/c1-3-17(2)27(36-28(40)22(32)14-18-8-10-20(37)11-9-18)30(42)35-25(15-19-16-33-23-7-5-4-6-21(19)23)29(41)34-24(31(43)44)12-13-26(38)39/h4-11,16-17,22,24-25,27,33,37H,3,12-15,32H2,1-2H3,(H,34,41)(H,35,42)(H,36,40)(H,38,39)(H,43,44). The summed E-state index contributed by atoms with van der Waals surface area (Å²) in [6, 6.07) is 8.72. The van der Waals surface area contributed by atoms with Crippen molar-refractivity contribution in [1.29, 1.82) is 0 Å². The van der Waals surface area contributed by atoms with Crippen LogP contribution < -0.4 is 21.7 Å². The monoisotopic (exact) mass is 609 g/mol. The molecule has 5 atom stereocenters. The Morgan fingerprint density at radius 2 is 1.52 bits per heavy atom. The van der Waals surface area contributed by atoms with E-state index < -0.39 is 60.2 Å². The van der Waals surface area contributed by atoms with Crippen molar-refractivity contribution in [2.75, 3.05) is 0 Å². The molecular formula is C31H39N5O8. The Balaban J connectivity index is 1.82. The number of rotatable bonds is 16. The Morgan fingerprint density at radius 3 is 2.16 bits per heavy atom. The number of carbonyl (C=O) groups is 5. The number of carbonyl (C=O) groups excluding carboxylic acids is 3. The minimum absolute atomic E-state index is 0.0194. The van der Waals surface area contributed by atoms with E-state index in [1.165, 1.54) is 12.1 Å². The highest BCUT2D eigenvalue weighted by atomic mass is 16.4. The number of hydrogen-bond donors (Lipinski definition) is 8. The molecule has 13 heteroatoms. The molecule has 44 heavy (non-hydrogen) atoms. The lowest BCUT2D eigenvalue weighted by atomic mass is 9.96. The molecule has 236 valence electrons. The molecule has 3 rings (SSSR count). The van der Waals surface area contributed by atoms with E-state index in [4.69, 9.17) is 10.8 Å². The van der Waals surface area contributed by atoms with Gasteiger partial charge < -0.3 is 42.0 Å². The van der Waals surface area contributed by atoms with E-state index in [1.54, 1.807) is 25.3 Å². The molecule has 1 heterocycles. The maximum Gasteiger partial charge on any atom is 0.326 e. The van der Waals surface area contributed by atoms with Crippen molar-refractivity contribution < 1.29 is 39.3 Å². The number of phenols is 1. The Morgan fingerprint density at radius 1 is 0.864 bits per heavy atom. The van der Waals surface area contributed by atoms with Crippen LogP contribution in [0.25, 0.3) is 10.9 Å². The number of amides is 3. The molecule has 3 amide bonds. The van der Waals surface area contributed by atoms with Crippen LogP contribution in [0.4, 0.5) is 0 Å². The van der Waals surface area contributed by atoms with Crippen LogP contribution in [0, 0.1) is 5.92 Å². The van der Waals surface area contributed by atoms with Gasteiger partial charge in [-0.05, 0) is 48.1 Å². The number of para-hydroxylation sites is 1. The first-order valence-corrected chi connectivity index (χ1v) is 14.3. The van der Waals surface area contributed by atoms with E-state index in [2.05, 4.69) is 20.9 Å². The van der Waals surface area contributed by atoms with Crippen LogP contribution in [0.15, 0.2) is 54.7 Å². The minimum Gasteiger partial charge on any atom is -0.508 e. The Kier molecular flexibility index (Phi) is 11.9. The summed E-state index contributed by atoms with van der Waals surface area (Å²) in [5.74, 6) is -4.99. The lowest BCUT2D eigenvalue weighted by molar-refractivity contribution is -0.143. The summed E-state index contributed by atoms with van der Waals surface area (Å²) >= 11 is 0. The maximum absolute atomic E-state index is 13.7. The number of aliphatic carboxylic acids is 2. The van der Waals surface area contributed by atoms with Gasteiger partial charge >= 0.3 is 11.9 Å². The molecule has 0 radical (unpaired) electrons. The SMILES string of the molecule is CCC(C)C(NC(=O)C(N)Cc1ccc(O)cc1)C(=O)NC(Cc1c[nH]c2ccccc12)C(=O)NC(CCC(=O)O)C(=O)O. The van der Waals surface area contributed by atoms with E-state index in [9.17, 15) is 34.2 Å². The molecule has 2 aromatic carbocycles. The second kappa shape index (κ2) is 15.5. The molecule has 1 aromatic heterocycles. The van der Waals surface area contributed by atoms with E-state index in [-0.39, 0.29) is 30.9 Å². The average molecular weight is 610 g/mol. The number of H-pyrrole nitrogens is 1. The molecule has 0 saturated heterocycles. The number of nitrogens with one attached hydrogen (secondary N) is 4. The molecule has 0 spiro atoms. The average Bonchev–Trinajstić information content (AvgIpc) is 3.40. The second-order valence-corrected chi connectivity index (χ2v) is 10.8. The van der Waals surface area contributed by atoms with Crippen LogP contribution in [0.1, 0.15) is 44.2 Å². The highest BCUT2D eigenvalue weighted by molar-refractivity contribution is 5.95. The zero-order chi connectivity index (χ0) is 32.4. The van der Waals surface area contributed by atoms with Crippen LogP contribution in [0.2, 0.25) is 0 Å². The number of fused-ring (bicyclic) bond motifs is 1. The predicted octanol–water partition coefficient (Wildman–Crippen LogP) is 1.44. The molecule has 0 aliphatic carbocycles. The van der Waals surface area contributed by atoms with Gasteiger partial charge in [-0.2, -0.15) is 0 Å². The van der Waals surface area contributed by atoms with Gasteiger partial charge in [0.05, 0.1) is 6.04 Å². The summed E-state index contributed by atoms with van der Waals surface area (Å²) in [5.41, 5.74) is 8.32. The molecule has 13 nitrogen and oxygen atoms in total. The highest BCUT2D eigenvalue weighted by Crippen LogP contribution is 2.20. The first-order valence-electron chi connectivity index (χ1n) is 14.3. The van der Waals surface area contributed by atoms with Gasteiger partial charge in [0.2, 0.25) is 17.7 Å². The number of aromatic amines is 1. The van der Waals surface area contributed by atoms with Crippen molar-refractivity contribution in [3.05, 3.63) is 65.9 Å². The molecule has 0 aliphatic heterocycles. The van der Waals surface area contributed by atoms with Crippen molar-refractivity contribution in [2.45, 2.75) is 70.1 Å². The van der Waals surface area contributed by atoms with Crippen molar-refractivity contribution >= 4 is 40.6 Å². The smallest absolute Gasteiger partial charge is 0.326 e. The number of aromatic hydroxyl groups is 1. The summed E-state index contributed by atoms with van der Waals surface area (Å²) in [6.07, 6.45) is 1.49. The number of hydrogen-bond acceptors (Lipinski definition) is 7. The van der Waals surface area contributed by atoms with Gasteiger partial charge in [0, 0.05) is 29.9 Å². The quantitative estimate of drug-likeness (QED) is 0.117. The first kappa shape index (κ1) is 33.6. The van der Waals surface area contributed by atoms with Crippen molar-refractivity contribution in [3.63, 3.8) is 0 Å². The van der Waals surface area contributed by atoms with Crippen molar-refractivity contribution in [2.24, 2.45) is 11.7 Å². The van der Waals surface area contributed by atoms with Crippen molar-refractivity contribution in [1.82, 2.24) is 20.9 Å². The third-order valence-corrected chi connectivity index (χ3v) is 7.52. The fraction of sp³-hybridized carbons (Fsp3) is 0.387. The van der Waals surface area contributed by atoms with Crippen LogP contribution in [-0.2, 0) is 36.8 Å².